The molecule has 0 aliphatic heterocycles. The van der Waals surface area contributed by atoms with Crippen molar-refractivity contribution in [1.82, 2.24) is 5.32 Å². The maximum absolute atomic E-state index is 12.4. The maximum Gasteiger partial charge on any atom is 0.251 e. The summed E-state index contributed by atoms with van der Waals surface area (Å²) in [5.41, 5.74) is 2.59. The summed E-state index contributed by atoms with van der Waals surface area (Å²) in [7, 11) is 0. The van der Waals surface area contributed by atoms with Gasteiger partial charge >= 0.3 is 0 Å². The zero-order chi connectivity index (χ0) is 21.3. The first-order chi connectivity index (χ1) is 14.5. The second-order valence-corrected chi connectivity index (χ2v) is 7.55. The first-order valence-electron chi connectivity index (χ1n) is 10.3. The lowest BCUT2D eigenvalue weighted by atomic mass is 9.95. The summed E-state index contributed by atoms with van der Waals surface area (Å²) in [6.45, 7) is 1.51. The zero-order valence-corrected chi connectivity index (χ0v) is 17.2. The van der Waals surface area contributed by atoms with Crippen LogP contribution in [0.2, 0.25) is 0 Å². The van der Waals surface area contributed by atoms with Crippen molar-refractivity contribution in [3.63, 3.8) is 0 Å². The van der Waals surface area contributed by atoms with Crippen molar-refractivity contribution < 1.29 is 14.4 Å². The molecule has 7 heteroatoms. The van der Waals surface area contributed by atoms with E-state index in [2.05, 4.69) is 21.3 Å². The molecule has 2 aromatic carbocycles. The third-order valence-corrected chi connectivity index (χ3v) is 5.01. The molecule has 0 saturated heterocycles. The summed E-state index contributed by atoms with van der Waals surface area (Å²) in [5.74, 6) is -0.435. The summed E-state index contributed by atoms with van der Waals surface area (Å²) in [6, 6.07) is 14.3. The molecule has 7 nitrogen and oxygen atoms in total. The molecule has 1 saturated carbocycles. The molecule has 0 aromatic heterocycles. The Labute approximate surface area is 176 Å². The van der Waals surface area contributed by atoms with Crippen LogP contribution >= 0.6 is 0 Å². The first kappa shape index (κ1) is 21.4. The van der Waals surface area contributed by atoms with Gasteiger partial charge in [0, 0.05) is 35.6 Å². The number of amides is 3. The van der Waals surface area contributed by atoms with Gasteiger partial charge in [-0.1, -0.05) is 25.3 Å². The van der Waals surface area contributed by atoms with E-state index in [0.29, 0.717) is 16.9 Å². The summed E-state index contributed by atoms with van der Waals surface area (Å²) in [4.78, 5) is 35.7. The van der Waals surface area contributed by atoms with Gasteiger partial charge in [0.25, 0.3) is 5.91 Å². The number of benzene rings is 2. The van der Waals surface area contributed by atoms with Crippen LogP contribution in [0.1, 0.15) is 49.4 Å². The van der Waals surface area contributed by atoms with Crippen LogP contribution in [-0.4, -0.2) is 30.3 Å². The molecular formula is C23H28N4O3. The van der Waals surface area contributed by atoms with Crippen molar-refractivity contribution >= 4 is 34.8 Å². The normalized spacial score (nSPS) is 13.9. The van der Waals surface area contributed by atoms with Gasteiger partial charge in [-0.3, -0.25) is 14.4 Å². The van der Waals surface area contributed by atoms with Crippen molar-refractivity contribution in [2.24, 2.45) is 0 Å². The minimum absolute atomic E-state index is 0.0507. The Kier molecular flexibility index (Phi) is 7.43. The summed E-state index contributed by atoms with van der Waals surface area (Å²) in [6.07, 6.45) is 5.70. The van der Waals surface area contributed by atoms with E-state index in [-0.39, 0.29) is 30.3 Å². The Morgan fingerprint density at radius 1 is 0.867 bits per heavy atom. The van der Waals surface area contributed by atoms with E-state index >= 15 is 0 Å². The molecule has 0 heterocycles. The minimum Gasteiger partial charge on any atom is -0.376 e. The van der Waals surface area contributed by atoms with Gasteiger partial charge in [-0.2, -0.15) is 0 Å². The molecule has 0 spiro atoms. The first-order valence-corrected chi connectivity index (χ1v) is 10.3. The average molecular weight is 409 g/mol. The molecule has 3 amide bonds. The largest absolute Gasteiger partial charge is 0.376 e. The lowest BCUT2D eigenvalue weighted by molar-refractivity contribution is -0.115. The van der Waals surface area contributed by atoms with Crippen LogP contribution < -0.4 is 21.3 Å². The molecule has 0 unspecified atom stereocenters. The van der Waals surface area contributed by atoms with E-state index < -0.39 is 0 Å². The second-order valence-electron chi connectivity index (χ2n) is 7.55. The molecule has 4 N–H and O–H groups in total. The number of carbonyl (C=O) groups is 3. The highest BCUT2D eigenvalue weighted by Gasteiger charge is 2.16. The molecule has 1 aliphatic carbocycles. The monoisotopic (exact) mass is 408 g/mol. The van der Waals surface area contributed by atoms with Crippen LogP contribution in [0.5, 0.6) is 0 Å². The van der Waals surface area contributed by atoms with Gasteiger partial charge in [-0.05, 0) is 55.3 Å². The van der Waals surface area contributed by atoms with Crippen molar-refractivity contribution in [1.29, 1.82) is 0 Å². The predicted octanol–water partition coefficient (Wildman–Crippen LogP) is 3.76. The summed E-state index contributed by atoms with van der Waals surface area (Å²) < 4.78 is 0. The molecule has 0 bridgehead atoms. The van der Waals surface area contributed by atoms with Crippen LogP contribution in [0.4, 0.5) is 17.1 Å². The lowest BCUT2D eigenvalue weighted by Crippen LogP contribution is -2.36. The number of anilines is 3. The van der Waals surface area contributed by atoms with E-state index in [1.165, 1.54) is 26.2 Å². The number of carbonyl (C=O) groups excluding carboxylic acids is 3. The third-order valence-electron chi connectivity index (χ3n) is 5.01. The molecule has 30 heavy (non-hydrogen) atoms. The molecule has 158 valence electrons. The molecule has 1 fully saturated rings. The predicted molar refractivity (Wildman–Crippen MR) is 119 cm³/mol. The van der Waals surface area contributed by atoms with Gasteiger partial charge in [-0.15, -0.1) is 0 Å². The van der Waals surface area contributed by atoms with Crippen LogP contribution in [0.25, 0.3) is 0 Å². The van der Waals surface area contributed by atoms with Crippen molar-refractivity contribution in [2.45, 2.75) is 45.1 Å². The van der Waals surface area contributed by atoms with Gasteiger partial charge < -0.3 is 21.3 Å². The van der Waals surface area contributed by atoms with Gasteiger partial charge in [0.05, 0.1) is 6.54 Å². The van der Waals surface area contributed by atoms with E-state index in [4.69, 9.17) is 0 Å². The topological polar surface area (TPSA) is 99.3 Å². The molecule has 3 rings (SSSR count). The van der Waals surface area contributed by atoms with E-state index in [1.54, 1.807) is 48.5 Å². The van der Waals surface area contributed by atoms with Gasteiger partial charge in [0.2, 0.25) is 11.8 Å². The second kappa shape index (κ2) is 10.4. The van der Waals surface area contributed by atoms with E-state index in [0.717, 1.165) is 18.5 Å². The fraction of sp³-hybridized carbons (Fsp3) is 0.348. The quantitative estimate of drug-likeness (QED) is 0.561. The van der Waals surface area contributed by atoms with Crippen LogP contribution in [0, 0.1) is 0 Å². The van der Waals surface area contributed by atoms with Crippen molar-refractivity contribution in [3.05, 3.63) is 54.1 Å². The molecule has 1 aliphatic rings. The molecule has 2 aromatic rings. The Balaban J connectivity index is 1.47. The van der Waals surface area contributed by atoms with Gasteiger partial charge in [0.1, 0.15) is 0 Å². The highest BCUT2D eigenvalue weighted by Crippen LogP contribution is 2.18. The zero-order valence-electron chi connectivity index (χ0n) is 17.2. The number of rotatable bonds is 7. The molecular weight excluding hydrogens is 380 g/mol. The minimum atomic E-state index is -0.214. The van der Waals surface area contributed by atoms with Gasteiger partial charge in [0.15, 0.2) is 0 Å². The van der Waals surface area contributed by atoms with Crippen LogP contribution in [0.3, 0.4) is 0 Å². The SMILES string of the molecule is CC(=O)Nc1cccc(NC(=O)CNc2ccc(C(=O)NC3CCCCC3)cc2)c1. The Hall–Kier alpha value is -3.35. The van der Waals surface area contributed by atoms with Crippen LogP contribution in [0.15, 0.2) is 48.5 Å². The fourth-order valence-electron chi connectivity index (χ4n) is 3.52. The van der Waals surface area contributed by atoms with E-state index in [9.17, 15) is 14.4 Å². The molecule has 0 radical (unpaired) electrons. The highest BCUT2D eigenvalue weighted by molar-refractivity contribution is 5.96. The Morgan fingerprint density at radius 2 is 1.53 bits per heavy atom. The Bertz CT molecular complexity index is 890. The highest BCUT2D eigenvalue weighted by atomic mass is 16.2. The Morgan fingerprint density at radius 3 is 2.20 bits per heavy atom. The van der Waals surface area contributed by atoms with Gasteiger partial charge in [-0.25, -0.2) is 0 Å². The number of hydrogen-bond donors (Lipinski definition) is 4. The molecule has 0 atom stereocenters. The maximum atomic E-state index is 12.4. The smallest absolute Gasteiger partial charge is 0.251 e. The summed E-state index contributed by atoms with van der Waals surface area (Å²) >= 11 is 0. The third kappa shape index (κ3) is 6.62. The van der Waals surface area contributed by atoms with Crippen LogP contribution in [-0.2, 0) is 9.59 Å². The summed E-state index contributed by atoms with van der Waals surface area (Å²) in [5, 5.41) is 11.6. The number of hydrogen-bond acceptors (Lipinski definition) is 4. The fourth-order valence-corrected chi connectivity index (χ4v) is 3.52. The standard InChI is InChI=1S/C23H28N4O3/c1-16(28)25-20-8-5-9-21(14-20)26-22(29)15-24-18-12-10-17(11-13-18)23(30)27-19-6-3-2-4-7-19/h5,8-14,19,24H,2-4,6-7,15H2,1H3,(H,25,28)(H,26,29)(H,27,30). The average Bonchev–Trinajstić information content (AvgIpc) is 2.73. The van der Waals surface area contributed by atoms with E-state index in [1.807, 2.05) is 0 Å². The number of nitrogens with one attached hydrogen (secondary N) is 4. The van der Waals surface area contributed by atoms with Crippen molar-refractivity contribution in [2.75, 3.05) is 22.5 Å². The lowest BCUT2D eigenvalue weighted by Gasteiger charge is -2.22. The van der Waals surface area contributed by atoms with Crippen molar-refractivity contribution in [3.8, 4) is 0 Å².